The monoisotopic (exact) mass is 427 g/mol. The van der Waals surface area contributed by atoms with E-state index in [0.29, 0.717) is 12.8 Å². The Hall–Kier alpha value is -3.00. The fourth-order valence-electron chi connectivity index (χ4n) is 4.74. The van der Waals surface area contributed by atoms with Crippen molar-refractivity contribution in [1.29, 1.82) is 0 Å². The number of hydrogen-bond donors (Lipinski definition) is 1. The van der Waals surface area contributed by atoms with Gasteiger partial charge in [-0.05, 0) is 48.9 Å². The summed E-state index contributed by atoms with van der Waals surface area (Å²) in [7, 11) is 1.31. The summed E-state index contributed by atoms with van der Waals surface area (Å²) in [6.45, 7) is 1.48. The number of ether oxygens (including phenoxy) is 2. The third kappa shape index (κ3) is 3.65. The van der Waals surface area contributed by atoms with Crippen molar-refractivity contribution in [2.45, 2.75) is 25.0 Å². The van der Waals surface area contributed by atoms with Gasteiger partial charge in [0.2, 0.25) is 5.82 Å². The number of nitrogens with zero attached hydrogens (tertiary/aromatic N) is 3. The number of hydrogen-bond acceptors (Lipinski definition) is 6. The van der Waals surface area contributed by atoms with Gasteiger partial charge in [0.1, 0.15) is 11.9 Å². The van der Waals surface area contributed by atoms with Crippen LogP contribution in [0.2, 0.25) is 0 Å². The van der Waals surface area contributed by atoms with E-state index in [9.17, 15) is 13.9 Å². The molecule has 31 heavy (non-hydrogen) atoms. The molecule has 6 nitrogen and oxygen atoms in total. The summed E-state index contributed by atoms with van der Waals surface area (Å²) < 4.78 is 39.3. The molecule has 2 aliphatic rings. The Balaban J connectivity index is 1.33. The number of rotatable bonds is 4. The Morgan fingerprint density at radius 2 is 1.77 bits per heavy atom. The summed E-state index contributed by atoms with van der Waals surface area (Å²) in [5.41, 5.74) is 1.68. The van der Waals surface area contributed by atoms with Crippen molar-refractivity contribution in [3.8, 4) is 11.5 Å². The van der Waals surface area contributed by atoms with Gasteiger partial charge in [0, 0.05) is 13.1 Å². The van der Waals surface area contributed by atoms with Gasteiger partial charge in [-0.25, -0.2) is 9.37 Å². The maximum Gasteiger partial charge on any atom is 0.209 e. The third-order valence-corrected chi connectivity index (χ3v) is 6.35. The van der Waals surface area contributed by atoms with Crippen molar-refractivity contribution >= 4 is 16.9 Å². The van der Waals surface area contributed by atoms with Crippen LogP contribution in [0.3, 0.4) is 0 Å². The van der Waals surface area contributed by atoms with Crippen LogP contribution in [0, 0.1) is 23.5 Å². The molecule has 1 aliphatic carbocycles. The standard InChI is InChI=1S/C23H23F2N3O3/c1-30-19-7-6-15(24)23(22(19)25)31-20-9-14-12-28(11-13(14)8-18(20)29)21-10-26-16-4-2-3-5-17(16)27-21/h2-7,10,13-14,18,20,29H,8-9,11-12H2,1H3/t13-,14+,18+,20+/m0/s1. The van der Waals surface area contributed by atoms with Crippen LogP contribution in [0.25, 0.3) is 11.0 Å². The number of aromatic nitrogens is 2. The molecule has 0 unspecified atom stereocenters. The first-order valence-electron chi connectivity index (χ1n) is 10.4. The molecule has 1 saturated heterocycles. The van der Waals surface area contributed by atoms with Crippen LogP contribution in [0.5, 0.6) is 11.5 Å². The van der Waals surface area contributed by atoms with Crippen LogP contribution in [0.15, 0.2) is 42.6 Å². The lowest BCUT2D eigenvalue weighted by atomic mass is 9.78. The predicted molar refractivity (Wildman–Crippen MR) is 111 cm³/mol. The highest BCUT2D eigenvalue weighted by Gasteiger charge is 2.43. The number of halogens is 2. The summed E-state index contributed by atoms with van der Waals surface area (Å²) in [6.07, 6.45) is 1.26. The van der Waals surface area contributed by atoms with E-state index in [2.05, 4.69) is 9.88 Å². The van der Waals surface area contributed by atoms with Crippen molar-refractivity contribution in [1.82, 2.24) is 9.97 Å². The van der Waals surface area contributed by atoms with Gasteiger partial charge in [0.05, 0.1) is 30.4 Å². The molecule has 4 atom stereocenters. The first kappa shape index (κ1) is 19.9. The Bertz CT molecular complexity index is 1110. The normalized spacial score (nSPS) is 25.5. The summed E-state index contributed by atoms with van der Waals surface area (Å²) in [6, 6.07) is 10.0. The highest BCUT2D eigenvalue weighted by Crippen LogP contribution is 2.40. The van der Waals surface area contributed by atoms with Gasteiger partial charge in [0.25, 0.3) is 0 Å². The van der Waals surface area contributed by atoms with E-state index >= 15 is 0 Å². The fourth-order valence-corrected chi connectivity index (χ4v) is 4.74. The summed E-state index contributed by atoms with van der Waals surface area (Å²) in [5.74, 6) is -1.03. The lowest BCUT2D eigenvalue weighted by Crippen LogP contribution is -2.42. The van der Waals surface area contributed by atoms with Gasteiger partial charge in [0.15, 0.2) is 17.3 Å². The minimum atomic E-state index is -0.892. The molecule has 0 amide bonds. The van der Waals surface area contributed by atoms with Crippen molar-refractivity contribution in [3.05, 3.63) is 54.2 Å². The molecule has 1 aromatic heterocycles. The van der Waals surface area contributed by atoms with E-state index in [1.165, 1.54) is 13.2 Å². The number of aliphatic hydroxyl groups is 1. The van der Waals surface area contributed by atoms with Gasteiger partial charge >= 0.3 is 0 Å². The first-order valence-corrected chi connectivity index (χ1v) is 10.4. The molecule has 1 saturated carbocycles. The number of aliphatic hydroxyl groups excluding tert-OH is 1. The van der Waals surface area contributed by atoms with Gasteiger partial charge in [-0.1, -0.05) is 12.1 Å². The molecule has 0 spiro atoms. The second kappa shape index (κ2) is 7.92. The van der Waals surface area contributed by atoms with Gasteiger partial charge in [-0.2, -0.15) is 4.39 Å². The summed E-state index contributed by atoms with van der Waals surface area (Å²) in [4.78, 5) is 11.4. The molecule has 3 aromatic rings. The van der Waals surface area contributed by atoms with Gasteiger partial charge in [-0.15, -0.1) is 0 Å². The predicted octanol–water partition coefficient (Wildman–Crippen LogP) is 3.57. The third-order valence-electron chi connectivity index (χ3n) is 6.35. The van der Waals surface area contributed by atoms with Gasteiger partial charge < -0.3 is 19.5 Å². The van der Waals surface area contributed by atoms with E-state index in [-0.39, 0.29) is 17.6 Å². The van der Waals surface area contributed by atoms with Gasteiger partial charge in [-0.3, -0.25) is 4.98 Å². The molecular formula is C23H23F2N3O3. The number of benzene rings is 2. The molecule has 2 heterocycles. The molecule has 2 fully saturated rings. The first-order chi connectivity index (χ1) is 15.0. The Kier molecular flexibility index (Phi) is 5.09. The van der Waals surface area contributed by atoms with Crippen molar-refractivity contribution < 1.29 is 23.4 Å². The lowest BCUT2D eigenvalue weighted by molar-refractivity contribution is -0.0264. The molecule has 1 aliphatic heterocycles. The molecule has 5 rings (SSSR count). The Morgan fingerprint density at radius 1 is 1.03 bits per heavy atom. The zero-order chi connectivity index (χ0) is 21.5. The largest absolute Gasteiger partial charge is 0.494 e. The zero-order valence-corrected chi connectivity index (χ0v) is 17.0. The van der Waals surface area contributed by atoms with Crippen molar-refractivity contribution in [3.63, 3.8) is 0 Å². The Morgan fingerprint density at radius 3 is 2.55 bits per heavy atom. The molecule has 1 N–H and O–H groups in total. The molecule has 2 aromatic carbocycles. The van der Waals surface area contributed by atoms with E-state index in [1.54, 1.807) is 6.20 Å². The fraction of sp³-hybridized carbons (Fsp3) is 0.391. The highest BCUT2D eigenvalue weighted by atomic mass is 19.1. The molecule has 8 heteroatoms. The van der Waals surface area contributed by atoms with Crippen LogP contribution in [0.1, 0.15) is 12.8 Å². The topological polar surface area (TPSA) is 67.7 Å². The van der Waals surface area contributed by atoms with Crippen LogP contribution in [-0.4, -0.2) is 47.5 Å². The molecule has 0 bridgehead atoms. The second-order valence-electron chi connectivity index (χ2n) is 8.23. The molecule has 0 radical (unpaired) electrons. The van der Waals surface area contributed by atoms with Crippen molar-refractivity contribution in [2.75, 3.05) is 25.1 Å². The van der Waals surface area contributed by atoms with E-state index in [4.69, 9.17) is 14.5 Å². The zero-order valence-electron chi connectivity index (χ0n) is 17.0. The highest BCUT2D eigenvalue weighted by molar-refractivity contribution is 5.75. The lowest BCUT2D eigenvalue weighted by Gasteiger charge is -2.35. The average Bonchev–Trinajstić information content (AvgIpc) is 3.19. The van der Waals surface area contributed by atoms with Crippen molar-refractivity contribution in [2.24, 2.45) is 11.8 Å². The number of anilines is 1. The smallest absolute Gasteiger partial charge is 0.209 e. The Labute approximate surface area is 178 Å². The van der Waals surface area contributed by atoms with E-state index in [0.717, 1.165) is 36.0 Å². The SMILES string of the molecule is COc1ccc(F)c(O[C@@H]2C[C@@H]3CN(c4cnc5ccccc5n4)C[C@@H]3C[C@H]2O)c1F. The van der Waals surface area contributed by atoms with Crippen LogP contribution >= 0.6 is 0 Å². The van der Waals surface area contributed by atoms with E-state index < -0.39 is 29.6 Å². The molecule has 162 valence electrons. The summed E-state index contributed by atoms with van der Waals surface area (Å²) in [5, 5.41) is 10.6. The van der Waals surface area contributed by atoms with E-state index in [1.807, 2.05) is 24.3 Å². The molecular weight excluding hydrogens is 404 g/mol. The number of fused-ring (bicyclic) bond motifs is 2. The number of para-hydroxylation sites is 2. The van der Waals surface area contributed by atoms with Crippen LogP contribution < -0.4 is 14.4 Å². The summed E-state index contributed by atoms with van der Waals surface area (Å²) >= 11 is 0. The maximum absolute atomic E-state index is 14.5. The van der Waals surface area contributed by atoms with Crippen LogP contribution in [-0.2, 0) is 0 Å². The second-order valence-corrected chi connectivity index (χ2v) is 8.23. The average molecular weight is 427 g/mol. The minimum Gasteiger partial charge on any atom is -0.494 e. The maximum atomic E-state index is 14.5. The van der Waals surface area contributed by atoms with Crippen LogP contribution in [0.4, 0.5) is 14.6 Å². The quantitative estimate of drug-likeness (QED) is 0.687. The number of methoxy groups -OCH3 is 1. The minimum absolute atomic E-state index is 0.0958.